The van der Waals surface area contributed by atoms with Crippen LogP contribution < -0.4 is 11.0 Å². The second-order valence-electron chi connectivity index (χ2n) is 9.73. The van der Waals surface area contributed by atoms with Gasteiger partial charge in [0.1, 0.15) is 0 Å². The Kier molecular flexibility index (Phi) is 4.56. The Balaban J connectivity index is 1.72. The molecule has 3 aromatic rings. The first-order valence-electron chi connectivity index (χ1n) is 11.1. The number of benzene rings is 1. The lowest BCUT2D eigenvalue weighted by atomic mass is 9.75. The fourth-order valence-electron chi connectivity index (χ4n) is 4.81. The fraction of sp³-hybridized carbons (Fsp3) is 0.500. The van der Waals surface area contributed by atoms with Crippen LogP contribution in [0.2, 0.25) is 0 Å². The zero-order chi connectivity index (χ0) is 21.1. The van der Waals surface area contributed by atoms with Crippen LogP contribution >= 0.6 is 0 Å². The predicted molar refractivity (Wildman–Crippen MR) is 121 cm³/mol. The summed E-state index contributed by atoms with van der Waals surface area (Å²) in [4.78, 5) is 18.2. The molecule has 6 heteroatoms. The third-order valence-electron chi connectivity index (χ3n) is 7.31. The zero-order valence-corrected chi connectivity index (χ0v) is 18.3. The van der Waals surface area contributed by atoms with E-state index in [-0.39, 0.29) is 11.6 Å². The average molecular weight is 404 g/mol. The van der Waals surface area contributed by atoms with Gasteiger partial charge in [0.25, 0.3) is 5.56 Å². The Bertz CT molecular complexity index is 1160. The molecule has 1 aliphatic heterocycles. The molecule has 5 nitrogen and oxygen atoms in total. The van der Waals surface area contributed by atoms with Gasteiger partial charge in [-0.2, -0.15) is 0 Å². The summed E-state index contributed by atoms with van der Waals surface area (Å²) in [5.74, 6) is 0. The maximum absolute atomic E-state index is 13.5. The predicted octanol–water partition coefficient (Wildman–Crippen LogP) is 4.35. The van der Waals surface area contributed by atoms with Gasteiger partial charge in [-0.05, 0) is 64.2 Å². The molecule has 0 unspecified atom stereocenters. The van der Waals surface area contributed by atoms with E-state index >= 15 is 0 Å². The van der Waals surface area contributed by atoms with Crippen molar-refractivity contribution in [2.45, 2.75) is 77.0 Å². The van der Waals surface area contributed by atoms with Crippen LogP contribution in [0.4, 0.5) is 0 Å². The van der Waals surface area contributed by atoms with Crippen LogP contribution in [0.25, 0.3) is 21.7 Å². The van der Waals surface area contributed by atoms with Gasteiger partial charge in [-0.3, -0.25) is 9.78 Å². The van der Waals surface area contributed by atoms with Crippen LogP contribution in [-0.4, -0.2) is 27.9 Å². The first-order chi connectivity index (χ1) is 14.3. The topological polar surface area (TPSA) is 53.4 Å². The summed E-state index contributed by atoms with van der Waals surface area (Å²) in [5.41, 5.74) is 0.875. The summed E-state index contributed by atoms with van der Waals surface area (Å²) in [6, 6.07) is 8.27. The lowest BCUT2D eigenvalue weighted by Crippen LogP contribution is -2.41. The highest BCUT2D eigenvalue weighted by Gasteiger charge is 2.52. The summed E-state index contributed by atoms with van der Waals surface area (Å²) in [6.07, 6.45) is 9.52. The molecule has 1 aliphatic carbocycles. The molecule has 5 rings (SSSR count). The summed E-state index contributed by atoms with van der Waals surface area (Å²) < 4.78 is 14.6. The molecule has 2 aromatic heterocycles. The molecule has 1 aromatic carbocycles. The standard InChI is InChI=1S/C24H29BN2O3/c1-23(2)24(3,4)30-25(29-23)20-15-19-17(21-18(20)11-8-13-26-21)12-14-27(22(19)28)16-9-6-5-7-10-16/h8,11-16H,5-7,9-10H2,1-4H3. The van der Waals surface area contributed by atoms with Crippen molar-refractivity contribution in [1.82, 2.24) is 9.55 Å². The van der Waals surface area contributed by atoms with Crippen LogP contribution in [0, 0.1) is 0 Å². The lowest BCUT2D eigenvalue weighted by Gasteiger charge is -2.32. The fourth-order valence-corrected chi connectivity index (χ4v) is 4.81. The van der Waals surface area contributed by atoms with E-state index in [0.29, 0.717) is 5.39 Å². The highest BCUT2D eigenvalue weighted by Crippen LogP contribution is 2.37. The molecule has 1 saturated heterocycles. The molecule has 2 aliphatic rings. The normalized spacial score (nSPS) is 21.5. The largest absolute Gasteiger partial charge is 0.495 e. The zero-order valence-electron chi connectivity index (χ0n) is 18.3. The molecular formula is C24H29BN2O3. The number of hydrogen-bond acceptors (Lipinski definition) is 4. The second kappa shape index (κ2) is 6.93. The van der Waals surface area contributed by atoms with Gasteiger partial charge in [-0.1, -0.05) is 25.3 Å². The minimum Gasteiger partial charge on any atom is -0.399 e. The van der Waals surface area contributed by atoms with Crippen LogP contribution in [-0.2, 0) is 9.31 Å². The van der Waals surface area contributed by atoms with E-state index in [2.05, 4.69) is 11.1 Å². The van der Waals surface area contributed by atoms with E-state index in [1.807, 2.05) is 56.7 Å². The Morgan fingerprint density at radius 2 is 1.70 bits per heavy atom. The maximum atomic E-state index is 13.5. The van der Waals surface area contributed by atoms with E-state index < -0.39 is 18.3 Å². The number of fused-ring (bicyclic) bond motifs is 3. The van der Waals surface area contributed by atoms with Crippen molar-refractivity contribution in [2.24, 2.45) is 0 Å². The quantitative estimate of drug-likeness (QED) is 0.471. The van der Waals surface area contributed by atoms with E-state index in [0.717, 1.165) is 34.6 Å². The molecule has 0 radical (unpaired) electrons. The first-order valence-corrected chi connectivity index (χ1v) is 11.1. The van der Waals surface area contributed by atoms with Crippen molar-refractivity contribution < 1.29 is 9.31 Å². The Labute approximate surface area is 177 Å². The molecule has 1 saturated carbocycles. The van der Waals surface area contributed by atoms with E-state index in [4.69, 9.17) is 9.31 Å². The second-order valence-corrected chi connectivity index (χ2v) is 9.73. The molecule has 30 heavy (non-hydrogen) atoms. The van der Waals surface area contributed by atoms with Crippen molar-refractivity contribution in [1.29, 1.82) is 0 Å². The van der Waals surface area contributed by atoms with Gasteiger partial charge in [-0.15, -0.1) is 0 Å². The summed E-state index contributed by atoms with van der Waals surface area (Å²) in [6.45, 7) is 8.18. The van der Waals surface area contributed by atoms with E-state index in [1.165, 1.54) is 19.3 Å². The molecular weight excluding hydrogens is 375 g/mol. The van der Waals surface area contributed by atoms with Crippen LogP contribution in [0.1, 0.15) is 65.8 Å². The molecule has 0 amide bonds. The van der Waals surface area contributed by atoms with Gasteiger partial charge >= 0.3 is 7.12 Å². The maximum Gasteiger partial charge on any atom is 0.495 e. The first kappa shape index (κ1) is 19.8. The Morgan fingerprint density at radius 3 is 2.40 bits per heavy atom. The Morgan fingerprint density at radius 1 is 1.00 bits per heavy atom. The smallest absolute Gasteiger partial charge is 0.399 e. The van der Waals surface area contributed by atoms with Crippen molar-refractivity contribution in [2.75, 3.05) is 0 Å². The van der Waals surface area contributed by atoms with E-state index in [9.17, 15) is 4.79 Å². The number of nitrogens with zero attached hydrogens (tertiary/aromatic N) is 2. The summed E-state index contributed by atoms with van der Waals surface area (Å²) >= 11 is 0. The minimum atomic E-state index is -0.533. The van der Waals surface area contributed by atoms with Crippen LogP contribution in [0.5, 0.6) is 0 Å². The van der Waals surface area contributed by atoms with Crippen molar-refractivity contribution in [3.05, 3.63) is 47.0 Å². The van der Waals surface area contributed by atoms with Gasteiger partial charge < -0.3 is 13.9 Å². The summed E-state index contributed by atoms with van der Waals surface area (Å²) in [5, 5.41) is 2.56. The highest BCUT2D eigenvalue weighted by molar-refractivity contribution is 6.65. The third kappa shape index (κ3) is 3.00. The molecule has 0 N–H and O–H groups in total. The number of pyridine rings is 2. The van der Waals surface area contributed by atoms with Gasteiger partial charge in [0.2, 0.25) is 0 Å². The SMILES string of the molecule is CC1(C)OB(c2cc3c(=O)n(C4CCCCC4)ccc3c3ncccc23)OC1(C)C. The van der Waals surface area contributed by atoms with Gasteiger partial charge in [0, 0.05) is 34.6 Å². The Hall–Kier alpha value is -2.18. The minimum absolute atomic E-state index is 0.0599. The van der Waals surface area contributed by atoms with Gasteiger partial charge in [-0.25, -0.2) is 0 Å². The molecule has 3 heterocycles. The monoisotopic (exact) mass is 404 g/mol. The van der Waals surface area contributed by atoms with Gasteiger partial charge in [0.05, 0.1) is 16.7 Å². The van der Waals surface area contributed by atoms with Crippen LogP contribution in [0.15, 0.2) is 41.5 Å². The van der Waals surface area contributed by atoms with Crippen LogP contribution in [0.3, 0.4) is 0 Å². The van der Waals surface area contributed by atoms with Crippen molar-refractivity contribution in [3.63, 3.8) is 0 Å². The average Bonchev–Trinajstić information content (AvgIpc) is 2.95. The summed E-state index contributed by atoms with van der Waals surface area (Å²) in [7, 11) is -0.533. The number of rotatable bonds is 2. The van der Waals surface area contributed by atoms with Crippen molar-refractivity contribution >= 4 is 34.3 Å². The van der Waals surface area contributed by atoms with Gasteiger partial charge in [0.15, 0.2) is 0 Å². The highest BCUT2D eigenvalue weighted by atomic mass is 16.7. The number of hydrogen-bond donors (Lipinski definition) is 0. The van der Waals surface area contributed by atoms with Crippen molar-refractivity contribution in [3.8, 4) is 0 Å². The van der Waals surface area contributed by atoms with E-state index in [1.54, 1.807) is 6.20 Å². The molecule has 2 fully saturated rings. The molecule has 156 valence electrons. The molecule has 0 bridgehead atoms. The molecule has 0 spiro atoms. The molecule has 0 atom stereocenters. The number of aromatic nitrogens is 2. The lowest BCUT2D eigenvalue weighted by molar-refractivity contribution is 0.00578. The third-order valence-corrected chi connectivity index (χ3v) is 7.31.